The molecule has 1 amide bonds. The van der Waals surface area contributed by atoms with Gasteiger partial charge in [-0.2, -0.15) is 0 Å². The molecule has 1 aliphatic rings. The van der Waals surface area contributed by atoms with Gasteiger partial charge in [0.05, 0.1) is 0 Å². The number of piperidine rings is 1. The fourth-order valence-electron chi connectivity index (χ4n) is 2.98. The van der Waals surface area contributed by atoms with Gasteiger partial charge in [0.2, 0.25) is 0 Å². The van der Waals surface area contributed by atoms with Crippen LogP contribution in [0.1, 0.15) is 28.8 Å². The molecule has 0 aliphatic carbocycles. The van der Waals surface area contributed by atoms with Gasteiger partial charge in [-0.15, -0.1) is 0 Å². The molecule has 1 saturated heterocycles. The Labute approximate surface area is 140 Å². The van der Waals surface area contributed by atoms with E-state index in [4.69, 9.17) is 0 Å². The number of rotatable bonds is 4. The topological polar surface area (TPSA) is 32.3 Å². The lowest BCUT2D eigenvalue weighted by molar-refractivity contribution is 0.0908. The molecular formula is C19H20F2N2O. The second-order valence-electron chi connectivity index (χ2n) is 6.13. The Morgan fingerprint density at radius 2 is 1.79 bits per heavy atom. The molecule has 0 atom stereocenters. The first-order valence-electron chi connectivity index (χ1n) is 8.14. The molecule has 1 aliphatic heterocycles. The number of likely N-dealkylation sites (tertiary alicyclic amines) is 1. The predicted octanol–water partition coefficient (Wildman–Crippen LogP) is 3.36. The molecule has 24 heavy (non-hydrogen) atoms. The van der Waals surface area contributed by atoms with E-state index in [-0.39, 0.29) is 11.9 Å². The van der Waals surface area contributed by atoms with Gasteiger partial charge in [-0.25, -0.2) is 8.78 Å². The molecule has 0 radical (unpaired) electrons. The molecule has 126 valence electrons. The molecular weight excluding hydrogens is 310 g/mol. The zero-order valence-corrected chi connectivity index (χ0v) is 13.3. The second kappa shape index (κ2) is 7.53. The zero-order chi connectivity index (χ0) is 16.9. The average Bonchev–Trinajstić information content (AvgIpc) is 2.60. The summed E-state index contributed by atoms with van der Waals surface area (Å²) < 4.78 is 26.7. The Morgan fingerprint density at radius 1 is 1.08 bits per heavy atom. The summed E-state index contributed by atoms with van der Waals surface area (Å²) in [5.41, 5.74) is 1.16. The molecule has 3 rings (SSSR count). The Morgan fingerprint density at radius 3 is 2.46 bits per heavy atom. The summed E-state index contributed by atoms with van der Waals surface area (Å²) in [6.45, 7) is 2.01. The van der Waals surface area contributed by atoms with Crippen molar-refractivity contribution in [2.75, 3.05) is 13.1 Å². The van der Waals surface area contributed by atoms with Gasteiger partial charge in [0.1, 0.15) is 11.6 Å². The summed E-state index contributed by atoms with van der Waals surface area (Å²) in [5, 5.41) is 3.05. The van der Waals surface area contributed by atoms with E-state index in [1.807, 2.05) is 18.2 Å². The SMILES string of the molecule is O=C(NC1CCN(Cc2ccc(F)cc2F)CC1)c1ccccc1. The number of carbonyl (C=O) groups is 1. The molecule has 0 unspecified atom stereocenters. The van der Waals surface area contributed by atoms with E-state index < -0.39 is 11.6 Å². The van der Waals surface area contributed by atoms with E-state index in [1.54, 1.807) is 12.1 Å². The molecule has 2 aromatic carbocycles. The van der Waals surface area contributed by atoms with Crippen LogP contribution in [0.25, 0.3) is 0 Å². The van der Waals surface area contributed by atoms with E-state index in [0.29, 0.717) is 17.7 Å². The van der Waals surface area contributed by atoms with Crippen LogP contribution in [0.5, 0.6) is 0 Å². The highest BCUT2D eigenvalue weighted by Crippen LogP contribution is 2.17. The lowest BCUT2D eigenvalue weighted by Crippen LogP contribution is -2.44. The summed E-state index contributed by atoms with van der Waals surface area (Å²) in [5.74, 6) is -1.12. The minimum atomic E-state index is -0.557. The van der Waals surface area contributed by atoms with Crippen LogP contribution >= 0.6 is 0 Å². The van der Waals surface area contributed by atoms with Crippen LogP contribution in [0.4, 0.5) is 8.78 Å². The highest BCUT2D eigenvalue weighted by molar-refractivity contribution is 5.94. The van der Waals surface area contributed by atoms with Crippen LogP contribution in [0.2, 0.25) is 0 Å². The fourth-order valence-corrected chi connectivity index (χ4v) is 2.98. The first kappa shape index (κ1) is 16.6. The van der Waals surface area contributed by atoms with E-state index in [0.717, 1.165) is 32.0 Å². The maximum absolute atomic E-state index is 13.7. The van der Waals surface area contributed by atoms with Crippen LogP contribution in [0.15, 0.2) is 48.5 Å². The van der Waals surface area contributed by atoms with Gasteiger partial charge in [-0.05, 0) is 31.0 Å². The minimum absolute atomic E-state index is 0.0568. The average molecular weight is 330 g/mol. The second-order valence-corrected chi connectivity index (χ2v) is 6.13. The van der Waals surface area contributed by atoms with Crippen molar-refractivity contribution in [1.29, 1.82) is 0 Å². The normalized spacial score (nSPS) is 16.1. The molecule has 1 heterocycles. The van der Waals surface area contributed by atoms with Crippen molar-refractivity contribution in [2.24, 2.45) is 0 Å². The molecule has 2 aromatic rings. The van der Waals surface area contributed by atoms with Crippen molar-refractivity contribution < 1.29 is 13.6 Å². The summed E-state index contributed by atoms with van der Waals surface area (Å²) in [6, 6.07) is 13.0. The number of hydrogen-bond acceptors (Lipinski definition) is 2. The van der Waals surface area contributed by atoms with E-state index in [1.165, 1.54) is 12.1 Å². The Kier molecular flexibility index (Phi) is 5.20. The number of hydrogen-bond donors (Lipinski definition) is 1. The van der Waals surface area contributed by atoms with Gasteiger partial charge in [-0.1, -0.05) is 24.3 Å². The number of nitrogens with one attached hydrogen (secondary N) is 1. The van der Waals surface area contributed by atoms with Gasteiger partial charge in [0, 0.05) is 42.9 Å². The number of benzene rings is 2. The van der Waals surface area contributed by atoms with Crippen LogP contribution in [-0.4, -0.2) is 29.9 Å². The number of carbonyl (C=O) groups excluding carboxylic acids is 1. The monoisotopic (exact) mass is 330 g/mol. The number of amides is 1. The smallest absolute Gasteiger partial charge is 0.251 e. The predicted molar refractivity (Wildman–Crippen MR) is 88.6 cm³/mol. The van der Waals surface area contributed by atoms with Crippen molar-refractivity contribution in [3.05, 3.63) is 71.3 Å². The largest absolute Gasteiger partial charge is 0.349 e. The maximum atomic E-state index is 13.7. The highest BCUT2D eigenvalue weighted by Gasteiger charge is 2.21. The molecule has 5 heteroatoms. The third-order valence-electron chi connectivity index (χ3n) is 4.37. The van der Waals surface area contributed by atoms with Gasteiger partial charge >= 0.3 is 0 Å². The first-order chi connectivity index (χ1) is 11.6. The van der Waals surface area contributed by atoms with Crippen LogP contribution in [0.3, 0.4) is 0 Å². The fraction of sp³-hybridized carbons (Fsp3) is 0.316. The number of nitrogens with zero attached hydrogens (tertiary/aromatic N) is 1. The molecule has 0 spiro atoms. The number of halogens is 2. The van der Waals surface area contributed by atoms with Gasteiger partial charge < -0.3 is 5.32 Å². The van der Waals surface area contributed by atoms with Crippen LogP contribution in [0, 0.1) is 11.6 Å². The van der Waals surface area contributed by atoms with E-state index in [9.17, 15) is 13.6 Å². The lowest BCUT2D eigenvalue weighted by atomic mass is 10.0. The first-order valence-corrected chi connectivity index (χ1v) is 8.14. The molecule has 0 saturated carbocycles. The summed E-state index contributed by atoms with van der Waals surface area (Å²) in [7, 11) is 0. The van der Waals surface area contributed by atoms with Gasteiger partial charge in [0.15, 0.2) is 0 Å². The van der Waals surface area contributed by atoms with Crippen molar-refractivity contribution >= 4 is 5.91 Å². The quantitative estimate of drug-likeness (QED) is 0.932. The van der Waals surface area contributed by atoms with Gasteiger partial charge in [0.25, 0.3) is 5.91 Å². The summed E-state index contributed by atoms with van der Waals surface area (Å²) >= 11 is 0. The van der Waals surface area contributed by atoms with Crippen molar-refractivity contribution in [2.45, 2.75) is 25.4 Å². The Hall–Kier alpha value is -2.27. The molecule has 0 aromatic heterocycles. The highest BCUT2D eigenvalue weighted by atomic mass is 19.1. The molecule has 1 fully saturated rings. The molecule has 0 bridgehead atoms. The Balaban J connectivity index is 1.50. The summed E-state index contributed by atoms with van der Waals surface area (Å²) in [4.78, 5) is 14.3. The van der Waals surface area contributed by atoms with Crippen LogP contribution < -0.4 is 5.32 Å². The van der Waals surface area contributed by atoms with Crippen molar-refractivity contribution in [1.82, 2.24) is 10.2 Å². The molecule has 1 N–H and O–H groups in total. The van der Waals surface area contributed by atoms with E-state index in [2.05, 4.69) is 10.2 Å². The van der Waals surface area contributed by atoms with Crippen molar-refractivity contribution in [3.63, 3.8) is 0 Å². The zero-order valence-electron chi connectivity index (χ0n) is 13.3. The minimum Gasteiger partial charge on any atom is -0.349 e. The summed E-state index contributed by atoms with van der Waals surface area (Å²) in [6.07, 6.45) is 1.64. The standard InChI is InChI=1S/C19H20F2N2O/c20-16-7-6-15(18(21)12-16)13-23-10-8-17(9-11-23)22-19(24)14-4-2-1-3-5-14/h1-7,12,17H,8-11,13H2,(H,22,24). The Bertz CT molecular complexity index is 698. The third-order valence-corrected chi connectivity index (χ3v) is 4.37. The lowest BCUT2D eigenvalue weighted by Gasteiger charge is -2.32. The van der Waals surface area contributed by atoms with Crippen molar-refractivity contribution in [3.8, 4) is 0 Å². The molecule has 3 nitrogen and oxygen atoms in total. The van der Waals surface area contributed by atoms with Crippen LogP contribution in [-0.2, 0) is 6.54 Å². The van der Waals surface area contributed by atoms with Gasteiger partial charge in [-0.3, -0.25) is 9.69 Å². The van der Waals surface area contributed by atoms with E-state index >= 15 is 0 Å². The maximum Gasteiger partial charge on any atom is 0.251 e. The third kappa shape index (κ3) is 4.17.